The van der Waals surface area contributed by atoms with Gasteiger partial charge < -0.3 is 16.4 Å². The average molecular weight is 254 g/mol. The standard InChI is InChI=1S/C11H18N4OS/c1-3-13-11-15-9(12)8(17-11)10(16)14-6(2)7-4-5-7/h6-7H,3-5,12H2,1-2H3,(H,13,15)(H,14,16). The summed E-state index contributed by atoms with van der Waals surface area (Å²) < 4.78 is 0. The van der Waals surface area contributed by atoms with Crippen molar-refractivity contribution in [1.29, 1.82) is 0 Å². The molecule has 1 heterocycles. The number of nitrogens with one attached hydrogen (secondary N) is 2. The third-order valence-corrected chi connectivity index (χ3v) is 3.90. The predicted octanol–water partition coefficient (Wildman–Crippen LogP) is 1.69. The fourth-order valence-electron chi connectivity index (χ4n) is 1.71. The fraction of sp³-hybridized carbons (Fsp3) is 0.636. The van der Waals surface area contributed by atoms with E-state index in [1.54, 1.807) is 0 Å². The molecule has 1 amide bonds. The van der Waals surface area contributed by atoms with Crippen LogP contribution in [0.1, 0.15) is 36.4 Å². The Kier molecular flexibility index (Phi) is 3.51. The highest BCUT2D eigenvalue weighted by molar-refractivity contribution is 7.18. The largest absolute Gasteiger partial charge is 0.382 e. The Bertz CT molecular complexity index is 414. The highest BCUT2D eigenvalue weighted by Gasteiger charge is 2.30. The fourth-order valence-corrected chi connectivity index (χ4v) is 2.56. The van der Waals surface area contributed by atoms with Gasteiger partial charge in [0.25, 0.3) is 5.91 Å². The minimum absolute atomic E-state index is 0.108. The van der Waals surface area contributed by atoms with Gasteiger partial charge in [0, 0.05) is 12.6 Å². The van der Waals surface area contributed by atoms with Crippen LogP contribution in [0.3, 0.4) is 0 Å². The predicted molar refractivity (Wildman–Crippen MR) is 70.3 cm³/mol. The second-order valence-electron chi connectivity index (χ2n) is 4.36. The number of amides is 1. The monoisotopic (exact) mass is 254 g/mol. The van der Waals surface area contributed by atoms with E-state index in [4.69, 9.17) is 5.73 Å². The maximum absolute atomic E-state index is 12.0. The Morgan fingerprint density at radius 1 is 1.65 bits per heavy atom. The third-order valence-electron chi connectivity index (χ3n) is 2.88. The maximum atomic E-state index is 12.0. The van der Waals surface area contributed by atoms with E-state index in [1.165, 1.54) is 24.2 Å². The zero-order valence-corrected chi connectivity index (χ0v) is 10.9. The van der Waals surface area contributed by atoms with Crippen molar-refractivity contribution in [2.24, 2.45) is 5.92 Å². The van der Waals surface area contributed by atoms with Gasteiger partial charge in [0.05, 0.1) is 0 Å². The van der Waals surface area contributed by atoms with E-state index in [0.717, 1.165) is 6.54 Å². The number of hydrogen-bond donors (Lipinski definition) is 3. The summed E-state index contributed by atoms with van der Waals surface area (Å²) in [5.74, 6) is 0.844. The topological polar surface area (TPSA) is 80.0 Å². The van der Waals surface area contributed by atoms with Gasteiger partial charge in [-0.3, -0.25) is 4.79 Å². The molecule has 1 aromatic heterocycles. The number of nitrogens with zero attached hydrogens (tertiary/aromatic N) is 1. The summed E-state index contributed by atoms with van der Waals surface area (Å²) >= 11 is 1.31. The molecule has 1 aromatic rings. The Balaban J connectivity index is 2.02. The van der Waals surface area contributed by atoms with Crippen LogP contribution >= 0.6 is 11.3 Å². The van der Waals surface area contributed by atoms with Crippen molar-refractivity contribution in [3.05, 3.63) is 4.88 Å². The van der Waals surface area contributed by atoms with Crippen molar-refractivity contribution in [2.75, 3.05) is 17.6 Å². The molecule has 5 nitrogen and oxygen atoms in total. The minimum atomic E-state index is -0.108. The van der Waals surface area contributed by atoms with Gasteiger partial charge in [-0.1, -0.05) is 11.3 Å². The lowest BCUT2D eigenvalue weighted by molar-refractivity contribution is 0.0940. The van der Waals surface area contributed by atoms with E-state index >= 15 is 0 Å². The molecule has 0 spiro atoms. The molecule has 1 aliphatic rings. The summed E-state index contributed by atoms with van der Waals surface area (Å²) in [6.07, 6.45) is 2.42. The van der Waals surface area contributed by atoms with Crippen molar-refractivity contribution in [3.63, 3.8) is 0 Å². The lowest BCUT2D eigenvalue weighted by Gasteiger charge is -2.11. The SMILES string of the molecule is CCNc1nc(N)c(C(=O)NC(C)C2CC2)s1. The van der Waals surface area contributed by atoms with Gasteiger partial charge in [-0.25, -0.2) is 4.98 Å². The summed E-state index contributed by atoms with van der Waals surface area (Å²) in [5, 5.41) is 6.74. The second kappa shape index (κ2) is 4.91. The molecule has 1 atom stereocenters. The number of nitrogen functional groups attached to an aromatic ring is 1. The van der Waals surface area contributed by atoms with E-state index in [1.807, 2.05) is 13.8 Å². The van der Waals surface area contributed by atoms with E-state index in [-0.39, 0.29) is 11.9 Å². The number of nitrogens with two attached hydrogens (primary N) is 1. The number of carbonyl (C=O) groups excluding carboxylic acids is 1. The molecule has 0 aliphatic heterocycles. The molecule has 1 aliphatic carbocycles. The van der Waals surface area contributed by atoms with Gasteiger partial charge >= 0.3 is 0 Å². The normalized spacial score (nSPS) is 16.6. The van der Waals surface area contributed by atoms with Gasteiger partial charge in [-0.15, -0.1) is 0 Å². The summed E-state index contributed by atoms with van der Waals surface area (Å²) in [6, 6.07) is 0.228. The second-order valence-corrected chi connectivity index (χ2v) is 5.36. The van der Waals surface area contributed by atoms with Crippen molar-refractivity contribution < 1.29 is 4.79 Å². The number of hydrogen-bond acceptors (Lipinski definition) is 5. The number of rotatable bonds is 5. The lowest BCUT2D eigenvalue weighted by Crippen LogP contribution is -2.33. The molecule has 6 heteroatoms. The van der Waals surface area contributed by atoms with Crippen LogP contribution in [0.25, 0.3) is 0 Å². The van der Waals surface area contributed by atoms with Crippen LogP contribution in [0.4, 0.5) is 10.9 Å². The van der Waals surface area contributed by atoms with Crippen LogP contribution in [-0.2, 0) is 0 Å². The number of aromatic nitrogens is 1. The van der Waals surface area contributed by atoms with Crippen LogP contribution in [-0.4, -0.2) is 23.5 Å². The van der Waals surface area contributed by atoms with Gasteiger partial charge in [0.15, 0.2) is 5.13 Å². The molecular formula is C11H18N4OS. The zero-order chi connectivity index (χ0) is 12.4. The quantitative estimate of drug-likeness (QED) is 0.747. The summed E-state index contributed by atoms with van der Waals surface area (Å²) in [6.45, 7) is 4.79. The van der Waals surface area contributed by atoms with E-state index in [9.17, 15) is 4.79 Å². The van der Waals surface area contributed by atoms with Crippen LogP contribution in [0.5, 0.6) is 0 Å². The number of anilines is 2. The molecule has 1 unspecified atom stereocenters. The van der Waals surface area contributed by atoms with Crippen LogP contribution in [0.2, 0.25) is 0 Å². The highest BCUT2D eigenvalue weighted by atomic mass is 32.1. The maximum Gasteiger partial charge on any atom is 0.265 e. The zero-order valence-electron chi connectivity index (χ0n) is 10.1. The van der Waals surface area contributed by atoms with Gasteiger partial charge in [-0.05, 0) is 32.6 Å². The molecule has 2 rings (SSSR count). The van der Waals surface area contributed by atoms with E-state index in [0.29, 0.717) is 21.7 Å². The average Bonchev–Trinajstić information content (AvgIpc) is 3.04. The molecule has 0 saturated heterocycles. The Labute approximate surface area is 105 Å². The molecule has 0 bridgehead atoms. The summed E-state index contributed by atoms with van der Waals surface area (Å²) in [5.41, 5.74) is 5.74. The first-order valence-electron chi connectivity index (χ1n) is 5.92. The van der Waals surface area contributed by atoms with Crippen LogP contribution in [0.15, 0.2) is 0 Å². The van der Waals surface area contributed by atoms with Gasteiger partial charge in [0.2, 0.25) is 0 Å². The first kappa shape index (κ1) is 12.2. The van der Waals surface area contributed by atoms with Crippen molar-refractivity contribution in [3.8, 4) is 0 Å². The van der Waals surface area contributed by atoms with Gasteiger partial charge in [0.1, 0.15) is 10.7 Å². The molecule has 4 N–H and O–H groups in total. The Hall–Kier alpha value is -1.30. The smallest absolute Gasteiger partial charge is 0.265 e. The van der Waals surface area contributed by atoms with Crippen LogP contribution in [0, 0.1) is 5.92 Å². The molecule has 1 fully saturated rings. The van der Waals surface area contributed by atoms with E-state index < -0.39 is 0 Å². The number of carbonyl (C=O) groups is 1. The Morgan fingerprint density at radius 2 is 2.35 bits per heavy atom. The molecule has 0 aromatic carbocycles. The molecule has 94 valence electrons. The molecule has 1 saturated carbocycles. The van der Waals surface area contributed by atoms with Gasteiger partial charge in [-0.2, -0.15) is 0 Å². The third kappa shape index (κ3) is 2.88. The summed E-state index contributed by atoms with van der Waals surface area (Å²) in [7, 11) is 0. The molecular weight excluding hydrogens is 236 g/mol. The van der Waals surface area contributed by atoms with Crippen molar-refractivity contribution in [2.45, 2.75) is 32.7 Å². The minimum Gasteiger partial charge on any atom is -0.382 e. The van der Waals surface area contributed by atoms with Crippen LogP contribution < -0.4 is 16.4 Å². The molecule has 0 radical (unpaired) electrons. The first-order valence-corrected chi connectivity index (χ1v) is 6.74. The van der Waals surface area contributed by atoms with Crippen molar-refractivity contribution in [1.82, 2.24) is 10.3 Å². The molecule has 17 heavy (non-hydrogen) atoms. The Morgan fingerprint density at radius 3 is 2.94 bits per heavy atom. The number of thiazole rings is 1. The van der Waals surface area contributed by atoms with E-state index in [2.05, 4.69) is 15.6 Å². The van der Waals surface area contributed by atoms with Crippen molar-refractivity contribution >= 4 is 28.2 Å². The first-order chi connectivity index (χ1) is 8.11. The summed E-state index contributed by atoms with van der Waals surface area (Å²) in [4.78, 5) is 16.6. The lowest BCUT2D eigenvalue weighted by atomic mass is 10.2. The highest BCUT2D eigenvalue weighted by Crippen LogP contribution is 2.33.